The van der Waals surface area contributed by atoms with E-state index in [2.05, 4.69) is 15.0 Å². The van der Waals surface area contributed by atoms with Crippen LogP contribution in [-0.4, -0.2) is 40.4 Å². The molecule has 0 bridgehead atoms. The Morgan fingerprint density at radius 3 is 2.89 bits per heavy atom. The molecule has 1 aliphatic heterocycles. The van der Waals surface area contributed by atoms with Crippen molar-refractivity contribution in [1.29, 1.82) is 5.41 Å². The maximum atomic E-state index is 13.6. The highest BCUT2D eigenvalue weighted by Crippen LogP contribution is 2.30. The van der Waals surface area contributed by atoms with Gasteiger partial charge in [0.25, 0.3) is 0 Å². The molecule has 1 aliphatic rings. The Bertz CT molecular complexity index is 997. The lowest BCUT2D eigenvalue weighted by atomic mass is 10.1. The quantitative estimate of drug-likeness (QED) is 0.672. The van der Waals surface area contributed by atoms with Crippen LogP contribution in [0, 0.1) is 5.41 Å². The molecule has 1 fully saturated rings. The van der Waals surface area contributed by atoms with Crippen LogP contribution in [0.2, 0.25) is 0 Å². The van der Waals surface area contributed by atoms with Crippen LogP contribution in [0.5, 0.6) is 0 Å². The Hall–Kier alpha value is -2.87. The lowest BCUT2D eigenvalue weighted by Crippen LogP contribution is -2.36. The first-order valence-electron chi connectivity index (χ1n) is 8.73. The molecule has 1 atom stereocenters. The number of anilines is 1. The van der Waals surface area contributed by atoms with E-state index in [0.29, 0.717) is 29.9 Å². The number of pyridine rings is 2. The molecule has 0 unspecified atom stereocenters. The highest BCUT2D eigenvalue weighted by Gasteiger charge is 2.20. The van der Waals surface area contributed by atoms with Gasteiger partial charge in [-0.1, -0.05) is 0 Å². The molecule has 27 heavy (non-hydrogen) atoms. The van der Waals surface area contributed by atoms with Crippen LogP contribution in [0.15, 0.2) is 36.7 Å². The van der Waals surface area contributed by atoms with Crippen molar-refractivity contribution in [3.8, 4) is 10.6 Å². The minimum Gasteiger partial charge on any atom is -0.404 e. The summed E-state index contributed by atoms with van der Waals surface area (Å²) in [6.45, 7) is 1.24. The van der Waals surface area contributed by atoms with Crippen molar-refractivity contribution < 1.29 is 4.39 Å². The Balaban J connectivity index is 1.61. The second-order valence-corrected chi connectivity index (χ2v) is 7.42. The predicted molar refractivity (Wildman–Crippen MR) is 108 cm³/mol. The summed E-state index contributed by atoms with van der Waals surface area (Å²) in [5, 5.41) is 8.22. The average Bonchev–Trinajstić information content (AvgIpc) is 3.13. The van der Waals surface area contributed by atoms with E-state index in [-0.39, 0.29) is 0 Å². The molecule has 1 saturated heterocycles. The number of allylic oxidation sites excluding steroid dienone is 1. The number of hydrogen-bond acceptors (Lipinski definition) is 7. The Labute approximate surface area is 160 Å². The molecular formula is C19H19FN6S. The first kappa shape index (κ1) is 17.5. The molecule has 138 valence electrons. The van der Waals surface area contributed by atoms with Gasteiger partial charge in [0.15, 0.2) is 5.65 Å². The fourth-order valence-corrected chi connectivity index (χ4v) is 4.04. The van der Waals surface area contributed by atoms with Crippen LogP contribution in [0.4, 0.5) is 10.2 Å². The zero-order chi connectivity index (χ0) is 18.8. The van der Waals surface area contributed by atoms with E-state index >= 15 is 0 Å². The fraction of sp³-hybridized carbons (Fsp3) is 0.263. The summed E-state index contributed by atoms with van der Waals surface area (Å²) in [5.74, 6) is 0.798. The van der Waals surface area contributed by atoms with Crippen molar-refractivity contribution in [2.75, 3.05) is 18.0 Å². The average molecular weight is 382 g/mol. The second-order valence-electron chi connectivity index (χ2n) is 6.39. The molecule has 0 spiro atoms. The van der Waals surface area contributed by atoms with Gasteiger partial charge in [-0.15, -0.1) is 11.3 Å². The third-order valence-corrected chi connectivity index (χ3v) is 5.63. The second kappa shape index (κ2) is 7.40. The maximum Gasteiger partial charge on any atom is 0.171 e. The monoisotopic (exact) mass is 382 g/mol. The number of nitrogens with two attached hydrogens (primary N) is 1. The number of hydrogen-bond donors (Lipinski definition) is 2. The van der Waals surface area contributed by atoms with Crippen molar-refractivity contribution in [2.45, 2.75) is 19.0 Å². The van der Waals surface area contributed by atoms with Crippen LogP contribution in [0.3, 0.4) is 0 Å². The molecule has 8 heteroatoms. The zero-order valence-electron chi connectivity index (χ0n) is 14.6. The van der Waals surface area contributed by atoms with Crippen LogP contribution in [-0.2, 0) is 0 Å². The maximum absolute atomic E-state index is 13.6. The first-order chi connectivity index (χ1) is 13.2. The number of thiazole rings is 1. The summed E-state index contributed by atoms with van der Waals surface area (Å²) in [6, 6.07) is 7.65. The number of alkyl halides is 1. The number of rotatable bonds is 4. The number of halogens is 1. The van der Waals surface area contributed by atoms with Crippen LogP contribution in [0.1, 0.15) is 18.5 Å². The molecule has 4 heterocycles. The Morgan fingerprint density at radius 2 is 2.19 bits per heavy atom. The minimum absolute atomic E-state index is 0.407. The molecular weight excluding hydrogens is 363 g/mol. The summed E-state index contributed by atoms with van der Waals surface area (Å²) in [7, 11) is 0. The van der Waals surface area contributed by atoms with Crippen molar-refractivity contribution >= 4 is 39.3 Å². The molecule has 6 nitrogen and oxygen atoms in total. The van der Waals surface area contributed by atoms with Gasteiger partial charge in [0.05, 0.1) is 16.9 Å². The van der Waals surface area contributed by atoms with Crippen molar-refractivity contribution in [3.63, 3.8) is 0 Å². The topological polar surface area (TPSA) is 91.8 Å². The van der Waals surface area contributed by atoms with Crippen LogP contribution in [0.25, 0.3) is 26.5 Å². The smallest absolute Gasteiger partial charge is 0.171 e. The lowest BCUT2D eigenvalue weighted by Gasteiger charge is -2.29. The molecule has 0 amide bonds. The van der Waals surface area contributed by atoms with Crippen molar-refractivity contribution in [1.82, 2.24) is 15.0 Å². The third-order valence-electron chi connectivity index (χ3n) is 4.57. The molecule has 0 aliphatic carbocycles. The number of aromatic nitrogens is 3. The number of fused-ring (bicyclic) bond motifs is 1. The minimum atomic E-state index is -0.779. The number of piperidine rings is 1. The summed E-state index contributed by atoms with van der Waals surface area (Å²) < 4.78 is 14.6. The molecule has 3 aromatic rings. The van der Waals surface area contributed by atoms with Crippen LogP contribution < -0.4 is 10.6 Å². The Kier molecular flexibility index (Phi) is 4.81. The van der Waals surface area contributed by atoms with E-state index in [1.54, 1.807) is 6.20 Å². The van der Waals surface area contributed by atoms with Gasteiger partial charge in [-0.25, -0.2) is 19.3 Å². The van der Waals surface area contributed by atoms with Crippen LogP contribution >= 0.6 is 11.3 Å². The molecule has 0 saturated carbocycles. The van der Waals surface area contributed by atoms with Gasteiger partial charge in [0.2, 0.25) is 0 Å². The largest absolute Gasteiger partial charge is 0.404 e. The summed E-state index contributed by atoms with van der Waals surface area (Å²) in [5.41, 5.74) is 8.22. The molecule has 4 rings (SSSR count). The number of nitrogens with zero attached hydrogens (tertiary/aromatic N) is 4. The number of nitrogens with one attached hydrogen (secondary N) is 1. The van der Waals surface area contributed by atoms with E-state index < -0.39 is 6.17 Å². The lowest BCUT2D eigenvalue weighted by molar-refractivity contribution is 0.286. The van der Waals surface area contributed by atoms with Crippen molar-refractivity contribution in [3.05, 3.63) is 42.4 Å². The van der Waals surface area contributed by atoms with Gasteiger partial charge in [0, 0.05) is 36.3 Å². The standard InChI is InChI=1S/C19H19FN6S/c20-14-2-1-7-26(11-14)17-6-3-12(10-23-17)19-25-18-16(27-19)5-4-15(24-18)13(8-21)9-22/h3-6,8-10,14,21H,1-2,7,11,22H2/b13-9+,21-8?/t14-/m0/s1. The highest BCUT2D eigenvalue weighted by molar-refractivity contribution is 7.21. The van der Waals surface area contributed by atoms with Gasteiger partial charge < -0.3 is 16.0 Å². The van der Waals surface area contributed by atoms with Gasteiger partial charge in [0.1, 0.15) is 17.0 Å². The Morgan fingerprint density at radius 1 is 1.30 bits per heavy atom. The molecule has 0 radical (unpaired) electrons. The summed E-state index contributed by atoms with van der Waals surface area (Å²) in [4.78, 5) is 15.6. The molecule has 0 aromatic carbocycles. The van der Waals surface area contributed by atoms with E-state index in [1.807, 2.05) is 29.2 Å². The van der Waals surface area contributed by atoms with Gasteiger partial charge in [-0.3, -0.25) is 0 Å². The van der Waals surface area contributed by atoms with E-state index in [4.69, 9.17) is 11.1 Å². The fourth-order valence-electron chi connectivity index (χ4n) is 3.14. The first-order valence-corrected chi connectivity index (χ1v) is 9.55. The van der Waals surface area contributed by atoms with E-state index in [9.17, 15) is 4.39 Å². The van der Waals surface area contributed by atoms with Gasteiger partial charge in [-0.05, 0) is 37.1 Å². The SMILES string of the molecule is N=C/C(=C\N)c1ccc2sc(-c3ccc(N4CCC[C@H](F)C4)nc3)nc2n1. The summed E-state index contributed by atoms with van der Waals surface area (Å²) >= 11 is 1.53. The van der Waals surface area contributed by atoms with Gasteiger partial charge >= 0.3 is 0 Å². The highest BCUT2D eigenvalue weighted by atomic mass is 32.1. The van der Waals surface area contributed by atoms with Crippen molar-refractivity contribution in [2.24, 2.45) is 5.73 Å². The summed E-state index contributed by atoms with van der Waals surface area (Å²) in [6.07, 6.45) is 5.02. The zero-order valence-corrected chi connectivity index (χ0v) is 15.4. The molecule has 3 N–H and O–H groups in total. The van der Waals surface area contributed by atoms with Gasteiger partial charge in [-0.2, -0.15) is 0 Å². The predicted octanol–water partition coefficient (Wildman–Crippen LogP) is 3.64. The normalized spacial score (nSPS) is 18.0. The molecule has 3 aromatic heterocycles. The van der Waals surface area contributed by atoms with E-state index in [1.165, 1.54) is 23.8 Å². The van der Waals surface area contributed by atoms with E-state index in [0.717, 1.165) is 34.1 Å². The third kappa shape index (κ3) is 3.52.